The number of aryl methyl sites for hydroxylation is 1. The molecule has 1 amide bonds. The Morgan fingerprint density at radius 2 is 1.95 bits per heavy atom. The van der Waals surface area contributed by atoms with Crippen LogP contribution in [0.2, 0.25) is 0 Å². The summed E-state index contributed by atoms with van der Waals surface area (Å²) >= 11 is 0. The Morgan fingerprint density at radius 3 is 2.55 bits per heavy atom. The molecular weight excluding hydrogens is 278 g/mol. The Hall–Kier alpha value is -1.40. The van der Waals surface area contributed by atoms with E-state index < -0.39 is 10.1 Å². The standard InChI is InChI=1S/C14H19NO4S/c1-10-7-8-13(9-14(10)15-11(2)16)20(17,18)19-12-5-3-4-6-12/h7-9,12H,3-6H2,1-2H3,(H,15,16). The van der Waals surface area contributed by atoms with Gasteiger partial charge in [0.2, 0.25) is 5.91 Å². The number of rotatable bonds is 4. The summed E-state index contributed by atoms with van der Waals surface area (Å²) in [7, 11) is -3.77. The van der Waals surface area contributed by atoms with E-state index in [1.807, 2.05) is 0 Å². The first-order valence-corrected chi connectivity index (χ1v) is 8.11. The summed E-state index contributed by atoms with van der Waals surface area (Å²) in [5.41, 5.74) is 1.30. The molecular formula is C14H19NO4S. The number of anilines is 1. The Kier molecular flexibility index (Phi) is 4.45. The van der Waals surface area contributed by atoms with E-state index in [2.05, 4.69) is 5.32 Å². The molecule has 0 aromatic heterocycles. The fourth-order valence-corrected chi connectivity index (χ4v) is 3.46. The van der Waals surface area contributed by atoms with E-state index in [4.69, 9.17) is 4.18 Å². The maximum absolute atomic E-state index is 12.2. The molecule has 0 bridgehead atoms. The molecule has 5 nitrogen and oxygen atoms in total. The van der Waals surface area contributed by atoms with Crippen molar-refractivity contribution in [2.24, 2.45) is 0 Å². The van der Waals surface area contributed by atoms with Gasteiger partial charge in [0.25, 0.3) is 10.1 Å². The predicted molar refractivity (Wildman–Crippen MR) is 76.0 cm³/mol. The first-order chi connectivity index (χ1) is 9.38. The van der Waals surface area contributed by atoms with Gasteiger partial charge < -0.3 is 5.32 Å². The third-order valence-electron chi connectivity index (χ3n) is 3.37. The third-order valence-corrected chi connectivity index (χ3v) is 4.73. The van der Waals surface area contributed by atoms with Crippen LogP contribution in [0.5, 0.6) is 0 Å². The number of amides is 1. The fourth-order valence-electron chi connectivity index (χ4n) is 2.30. The van der Waals surface area contributed by atoms with E-state index >= 15 is 0 Å². The molecule has 0 spiro atoms. The van der Waals surface area contributed by atoms with Crippen molar-refractivity contribution >= 4 is 21.7 Å². The molecule has 1 aliphatic rings. The average molecular weight is 297 g/mol. The van der Waals surface area contributed by atoms with Gasteiger partial charge in [0.1, 0.15) is 0 Å². The van der Waals surface area contributed by atoms with Gasteiger partial charge in [-0.1, -0.05) is 18.9 Å². The summed E-state index contributed by atoms with van der Waals surface area (Å²) in [6.45, 7) is 3.19. The van der Waals surface area contributed by atoms with Crippen molar-refractivity contribution in [1.82, 2.24) is 0 Å². The van der Waals surface area contributed by atoms with Crippen LogP contribution in [0.25, 0.3) is 0 Å². The molecule has 0 unspecified atom stereocenters. The highest BCUT2D eigenvalue weighted by Gasteiger charge is 2.25. The van der Waals surface area contributed by atoms with Crippen LogP contribution < -0.4 is 5.32 Å². The molecule has 1 saturated carbocycles. The van der Waals surface area contributed by atoms with E-state index in [0.29, 0.717) is 5.69 Å². The molecule has 2 rings (SSSR count). The summed E-state index contributed by atoms with van der Waals surface area (Å²) in [5, 5.41) is 2.62. The van der Waals surface area contributed by atoms with Crippen molar-refractivity contribution < 1.29 is 17.4 Å². The summed E-state index contributed by atoms with van der Waals surface area (Å²) in [4.78, 5) is 11.2. The Balaban J connectivity index is 2.24. The molecule has 20 heavy (non-hydrogen) atoms. The van der Waals surface area contributed by atoms with Crippen molar-refractivity contribution in [3.05, 3.63) is 23.8 Å². The SMILES string of the molecule is CC(=O)Nc1cc(S(=O)(=O)OC2CCCC2)ccc1C. The van der Waals surface area contributed by atoms with Crippen LogP contribution in [0.4, 0.5) is 5.69 Å². The lowest BCUT2D eigenvalue weighted by Crippen LogP contribution is -2.16. The topological polar surface area (TPSA) is 72.5 Å². The molecule has 0 aliphatic heterocycles. The highest BCUT2D eigenvalue weighted by Crippen LogP contribution is 2.27. The monoisotopic (exact) mass is 297 g/mol. The lowest BCUT2D eigenvalue weighted by molar-refractivity contribution is -0.114. The third kappa shape index (κ3) is 3.58. The number of hydrogen-bond donors (Lipinski definition) is 1. The Bertz CT molecular complexity index is 604. The minimum atomic E-state index is -3.77. The first-order valence-electron chi connectivity index (χ1n) is 6.70. The number of hydrogen-bond acceptors (Lipinski definition) is 4. The number of nitrogens with one attached hydrogen (secondary N) is 1. The molecule has 0 atom stereocenters. The van der Waals surface area contributed by atoms with E-state index in [-0.39, 0.29) is 16.9 Å². The molecule has 1 N–H and O–H groups in total. The van der Waals surface area contributed by atoms with Gasteiger partial charge in [-0.3, -0.25) is 8.98 Å². The second-order valence-corrected chi connectivity index (χ2v) is 6.69. The first kappa shape index (κ1) is 15.0. The fraction of sp³-hybridized carbons (Fsp3) is 0.500. The Labute approximate surface area is 119 Å². The van der Waals surface area contributed by atoms with E-state index in [1.54, 1.807) is 13.0 Å². The largest absolute Gasteiger partial charge is 0.326 e. The molecule has 6 heteroatoms. The normalized spacial score (nSPS) is 16.3. The van der Waals surface area contributed by atoms with Gasteiger partial charge in [-0.2, -0.15) is 8.42 Å². The predicted octanol–water partition coefficient (Wildman–Crippen LogP) is 2.60. The van der Waals surface area contributed by atoms with Gasteiger partial charge in [0, 0.05) is 12.6 Å². The highest BCUT2D eigenvalue weighted by molar-refractivity contribution is 7.86. The quantitative estimate of drug-likeness (QED) is 0.867. The van der Waals surface area contributed by atoms with Crippen LogP contribution in [0.1, 0.15) is 38.2 Å². The minimum Gasteiger partial charge on any atom is -0.326 e. The van der Waals surface area contributed by atoms with E-state index in [9.17, 15) is 13.2 Å². The molecule has 0 heterocycles. The van der Waals surface area contributed by atoms with Crippen molar-refractivity contribution in [3.63, 3.8) is 0 Å². The molecule has 1 fully saturated rings. The summed E-state index contributed by atoms with van der Waals surface area (Å²) in [6, 6.07) is 4.61. The molecule has 1 aromatic carbocycles. The van der Waals surface area contributed by atoms with Crippen LogP contribution in [-0.4, -0.2) is 20.4 Å². The van der Waals surface area contributed by atoms with Crippen molar-refractivity contribution in [1.29, 1.82) is 0 Å². The van der Waals surface area contributed by atoms with Gasteiger partial charge in [-0.25, -0.2) is 0 Å². The van der Waals surface area contributed by atoms with Gasteiger partial charge in [-0.15, -0.1) is 0 Å². The Morgan fingerprint density at radius 1 is 1.30 bits per heavy atom. The van der Waals surface area contributed by atoms with E-state index in [0.717, 1.165) is 31.2 Å². The van der Waals surface area contributed by atoms with Crippen molar-refractivity contribution in [3.8, 4) is 0 Å². The zero-order valence-corrected chi connectivity index (χ0v) is 12.5. The van der Waals surface area contributed by atoms with Crippen LogP contribution >= 0.6 is 0 Å². The summed E-state index contributed by atoms with van der Waals surface area (Å²) in [5.74, 6) is -0.237. The lowest BCUT2D eigenvalue weighted by atomic mass is 10.2. The van der Waals surface area contributed by atoms with Crippen LogP contribution in [-0.2, 0) is 19.1 Å². The summed E-state index contributed by atoms with van der Waals surface area (Å²) < 4.78 is 29.6. The second kappa shape index (κ2) is 5.93. The van der Waals surface area contributed by atoms with Crippen molar-refractivity contribution in [2.75, 3.05) is 5.32 Å². The highest BCUT2D eigenvalue weighted by atomic mass is 32.2. The van der Waals surface area contributed by atoms with Crippen LogP contribution in [0.15, 0.2) is 23.1 Å². The number of carbonyl (C=O) groups is 1. The van der Waals surface area contributed by atoms with Gasteiger partial charge >= 0.3 is 0 Å². The summed E-state index contributed by atoms with van der Waals surface area (Å²) in [6.07, 6.45) is 3.36. The van der Waals surface area contributed by atoms with Gasteiger partial charge in [0.15, 0.2) is 0 Å². The van der Waals surface area contributed by atoms with Crippen LogP contribution in [0.3, 0.4) is 0 Å². The number of benzene rings is 1. The molecule has 0 saturated heterocycles. The molecule has 1 aliphatic carbocycles. The molecule has 1 aromatic rings. The zero-order chi connectivity index (χ0) is 14.8. The molecule has 110 valence electrons. The average Bonchev–Trinajstić information content (AvgIpc) is 2.83. The maximum Gasteiger partial charge on any atom is 0.297 e. The molecule has 0 radical (unpaired) electrons. The minimum absolute atomic E-state index is 0.0822. The van der Waals surface area contributed by atoms with Gasteiger partial charge in [-0.05, 0) is 37.5 Å². The maximum atomic E-state index is 12.2. The number of carbonyl (C=O) groups excluding carboxylic acids is 1. The smallest absolute Gasteiger partial charge is 0.297 e. The van der Waals surface area contributed by atoms with Gasteiger partial charge in [0.05, 0.1) is 11.0 Å². The zero-order valence-electron chi connectivity index (χ0n) is 11.7. The van der Waals surface area contributed by atoms with Crippen molar-refractivity contribution in [2.45, 2.75) is 50.5 Å². The van der Waals surface area contributed by atoms with E-state index in [1.165, 1.54) is 19.1 Å². The van der Waals surface area contributed by atoms with Crippen LogP contribution in [0, 0.1) is 6.92 Å². The second-order valence-electron chi connectivity index (χ2n) is 5.11. The lowest BCUT2D eigenvalue weighted by Gasteiger charge is -2.13.